The Balaban J connectivity index is 1.62. The number of halogens is 1. The molecule has 1 atom stereocenters. The molecule has 1 amide bonds. The van der Waals surface area contributed by atoms with Gasteiger partial charge >= 0.3 is 0 Å². The zero-order valence-corrected chi connectivity index (χ0v) is 20.7. The minimum atomic E-state index is -0.811. The van der Waals surface area contributed by atoms with E-state index in [0.29, 0.717) is 17.0 Å². The van der Waals surface area contributed by atoms with Gasteiger partial charge in [0.05, 0.1) is 23.7 Å². The van der Waals surface area contributed by atoms with Crippen LogP contribution in [0.3, 0.4) is 0 Å². The van der Waals surface area contributed by atoms with Gasteiger partial charge in [0.1, 0.15) is 11.5 Å². The van der Waals surface area contributed by atoms with Gasteiger partial charge in [0.2, 0.25) is 0 Å². The summed E-state index contributed by atoms with van der Waals surface area (Å²) in [6.07, 6.45) is 3.57. The first-order valence-corrected chi connectivity index (χ1v) is 12.4. The molecule has 184 valence electrons. The number of carbonyl (C=O) groups is 2. The average molecular weight is 503 g/mol. The molecule has 36 heavy (non-hydrogen) atoms. The van der Waals surface area contributed by atoms with Crippen molar-refractivity contribution in [3.8, 4) is 5.75 Å². The van der Waals surface area contributed by atoms with E-state index in [9.17, 15) is 14.7 Å². The van der Waals surface area contributed by atoms with E-state index < -0.39 is 17.7 Å². The first kappa shape index (κ1) is 23.9. The van der Waals surface area contributed by atoms with Crippen molar-refractivity contribution in [2.45, 2.75) is 25.3 Å². The molecule has 3 aromatic carbocycles. The number of carbonyl (C=O) groups excluding carboxylic acids is 2. The zero-order valence-electron chi connectivity index (χ0n) is 20.0. The fraction of sp³-hybridized carbons (Fsp3) is 0.241. The number of ketones is 1. The molecule has 3 aromatic rings. The molecule has 0 radical (unpaired) electrons. The molecule has 1 N–H and O–H groups in total. The second-order valence-electron chi connectivity index (χ2n) is 8.99. The van der Waals surface area contributed by atoms with Crippen molar-refractivity contribution in [3.05, 3.63) is 94.5 Å². The van der Waals surface area contributed by atoms with Gasteiger partial charge < -0.3 is 14.7 Å². The summed E-state index contributed by atoms with van der Waals surface area (Å²) in [7, 11) is 1.50. The Labute approximate surface area is 215 Å². The molecule has 0 aliphatic carbocycles. The van der Waals surface area contributed by atoms with Crippen molar-refractivity contribution in [2.75, 3.05) is 30.0 Å². The summed E-state index contributed by atoms with van der Waals surface area (Å²) in [5.41, 5.74) is 2.60. The second-order valence-corrected chi connectivity index (χ2v) is 9.40. The molecule has 2 saturated heterocycles. The highest BCUT2D eigenvalue weighted by Gasteiger charge is 2.47. The number of piperidine rings is 1. The first-order valence-electron chi connectivity index (χ1n) is 12.0. The number of rotatable bonds is 5. The van der Waals surface area contributed by atoms with Crippen LogP contribution >= 0.6 is 11.6 Å². The molecule has 0 saturated carbocycles. The fourth-order valence-corrected chi connectivity index (χ4v) is 5.19. The average Bonchev–Trinajstić information content (AvgIpc) is 3.19. The van der Waals surface area contributed by atoms with Crippen LogP contribution in [0.5, 0.6) is 5.75 Å². The number of aliphatic hydroxyl groups excluding tert-OH is 1. The van der Waals surface area contributed by atoms with E-state index in [0.717, 1.165) is 31.6 Å². The molecule has 0 aromatic heterocycles. The quantitative estimate of drug-likeness (QED) is 0.264. The van der Waals surface area contributed by atoms with E-state index in [1.54, 1.807) is 18.2 Å². The van der Waals surface area contributed by atoms with Gasteiger partial charge in [0.15, 0.2) is 0 Å². The molecule has 2 aliphatic heterocycles. The van der Waals surface area contributed by atoms with Crippen LogP contribution in [-0.2, 0) is 9.59 Å². The minimum Gasteiger partial charge on any atom is -0.507 e. The van der Waals surface area contributed by atoms with Gasteiger partial charge in [0, 0.05) is 30.0 Å². The fourth-order valence-electron chi connectivity index (χ4n) is 4.98. The van der Waals surface area contributed by atoms with Crippen molar-refractivity contribution >= 4 is 40.4 Å². The zero-order chi connectivity index (χ0) is 25.2. The SMILES string of the molecule is COc1ccc(Cl)c(/C(O)=C2\C(=O)C(=O)N(c3ccc(N4CCCCC4)cc3)C2c2ccccc2)c1. The molecule has 7 heteroatoms. The predicted octanol–water partition coefficient (Wildman–Crippen LogP) is 5.97. The Kier molecular flexibility index (Phi) is 6.70. The van der Waals surface area contributed by atoms with Crippen LogP contribution in [0.2, 0.25) is 5.02 Å². The third kappa shape index (κ3) is 4.33. The van der Waals surface area contributed by atoms with E-state index in [2.05, 4.69) is 4.90 Å². The number of ether oxygens (including phenoxy) is 1. The largest absolute Gasteiger partial charge is 0.507 e. The number of methoxy groups -OCH3 is 1. The van der Waals surface area contributed by atoms with E-state index in [1.807, 2.05) is 54.6 Å². The van der Waals surface area contributed by atoms with Gasteiger partial charge in [-0.2, -0.15) is 0 Å². The minimum absolute atomic E-state index is 0.0125. The number of aliphatic hydroxyl groups is 1. The molecule has 5 rings (SSSR count). The number of hydrogen-bond donors (Lipinski definition) is 1. The summed E-state index contributed by atoms with van der Waals surface area (Å²) in [6.45, 7) is 2.02. The third-order valence-electron chi connectivity index (χ3n) is 6.84. The highest BCUT2D eigenvalue weighted by Crippen LogP contribution is 2.43. The lowest BCUT2D eigenvalue weighted by Gasteiger charge is -2.30. The lowest BCUT2D eigenvalue weighted by Crippen LogP contribution is -2.30. The summed E-state index contributed by atoms with van der Waals surface area (Å²) in [5.74, 6) is -1.33. The van der Waals surface area contributed by atoms with Gasteiger partial charge in [-0.15, -0.1) is 0 Å². The number of anilines is 2. The topological polar surface area (TPSA) is 70.1 Å². The molecule has 0 spiro atoms. The summed E-state index contributed by atoms with van der Waals surface area (Å²) in [5, 5.41) is 11.6. The van der Waals surface area contributed by atoms with Crippen molar-refractivity contribution < 1.29 is 19.4 Å². The van der Waals surface area contributed by atoms with Gasteiger partial charge in [-0.3, -0.25) is 14.5 Å². The van der Waals surface area contributed by atoms with Gasteiger partial charge in [0.25, 0.3) is 11.7 Å². The van der Waals surface area contributed by atoms with Crippen molar-refractivity contribution in [1.82, 2.24) is 0 Å². The normalized spacial score (nSPS) is 19.6. The molecule has 2 heterocycles. The standard InChI is InChI=1S/C29H27ClN2O4/c1-36-22-14-15-24(30)23(18-22)27(33)25-26(19-8-4-2-5-9-19)32(29(35)28(25)34)21-12-10-20(11-13-21)31-16-6-3-7-17-31/h2,4-5,8-15,18,26,33H,3,6-7,16-17H2,1H3/b27-25+. The number of hydrogen-bond acceptors (Lipinski definition) is 5. The Morgan fingerprint density at radius 2 is 1.58 bits per heavy atom. The Bertz CT molecular complexity index is 1310. The van der Waals surface area contributed by atoms with Gasteiger partial charge in [-0.25, -0.2) is 0 Å². The van der Waals surface area contributed by atoms with E-state index in [-0.39, 0.29) is 21.9 Å². The lowest BCUT2D eigenvalue weighted by molar-refractivity contribution is -0.132. The van der Waals surface area contributed by atoms with E-state index in [4.69, 9.17) is 16.3 Å². The lowest BCUT2D eigenvalue weighted by atomic mass is 9.95. The molecule has 0 bridgehead atoms. The smallest absolute Gasteiger partial charge is 0.300 e. The molecule has 2 fully saturated rings. The van der Waals surface area contributed by atoms with Gasteiger partial charge in [-0.05, 0) is 67.3 Å². The third-order valence-corrected chi connectivity index (χ3v) is 7.17. The molecular formula is C29H27ClN2O4. The number of Topliss-reactive ketones (excluding diaryl/α,β-unsaturated/α-hetero) is 1. The highest BCUT2D eigenvalue weighted by atomic mass is 35.5. The molecule has 2 aliphatic rings. The van der Waals surface area contributed by atoms with Gasteiger partial charge in [-0.1, -0.05) is 41.9 Å². The van der Waals surface area contributed by atoms with Crippen molar-refractivity contribution in [2.24, 2.45) is 0 Å². The number of amides is 1. The Hall–Kier alpha value is -3.77. The van der Waals surface area contributed by atoms with Crippen LogP contribution in [0.15, 0.2) is 78.4 Å². The second kappa shape index (κ2) is 10.1. The van der Waals surface area contributed by atoms with Crippen LogP contribution < -0.4 is 14.5 Å². The first-order chi connectivity index (χ1) is 17.5. The number of benzene rings is 3. The highest BCUT2D eigenvalue weighted by molar-refractivity contribution is 6.52. The summed E-state index contributed by atoms with van der Waals surface area (Å²) < 4.78 is 5.28. The molecule has 6 nitrogen and oxygen atoms in total. The van der Waals surface area contributed by atoms with Crippen molar-refractivity contribution in [3.63, 3.8) is 0 Å². The summed E-state index contributed by atoms with van der Waals surface area (Å²) >= 11 is 6.38. The summed E-state index contributed by atoms with van der Waals surface area (Å²) in [6, 6.07) is 20.9. The predicted molar refractivity (Wildman–Crippen MR) is 142 cm³/mol. The maximum absolute atomic E-state index is 13.4. The van der Waals surface area contributed by atoms with Crippen LogP contribution in [-0.4, -0.2) is 37.0 Å². The van der Waals surface area contributed by atoms with Crippen LogP contribution in [0.1, 0.15) is 36.4 Å². The molecular weight excluding hydrogens is 476 g/mol. The Morgan fingerprint density at radius 1 is 0.917 bits per heavy atom. The monoisotopic (exact) mass is 502 g/mol. The maximum Gasteiger partial charge on any atom is 0.300 e. The molecule has 1 unspecified atom stereocenters. The Morgan fingerprint density at radius 3 is 2.25 bits per heavy atom. The van der Waals surface area contributed by atoms with Crippen LogP contribution in [0.25, 0.3) is 5.76 Å². The van der Waals surface area contributed by atoms with E-state index in [1.165, 1.54) is 18.4 Å². The van der Waals surface area contributed by atoms with Crippen LogP contribution in [0, 0.1) is 0 Å². The van der Waals surface area contributed by atoms with E-state index >= 15 is 0 Å². The summed E-state index contributed by atoms with van der Waals surface area (Å²) in [4.78, 5) is 30.6. The maximum atomic E-state index is 13.4. The van der Waals surface area contributed by atoms with Crippen LogP contribution in [0.4, 0.5) is 11.4 Å². The number of nitrogens with zero attached hydrogens (tertiary/aromatic N) is 2. The van der Waals surface area contributed by atoms with Crippen molar-refractivity contribution in [1.29, 1.82) is 0 Å².